The van der Waals surface area contributed by atoms with Gasteiger partial charge in [0.05, 0.1) is 26.7 Å². The molecule has 0 saturated carbocycles. The van der Waals surface area contributed by atoms with Crippen LogP contribution in [0, 0.1) is 0 Å². The largest absolute Gasteiger partial charge is 0.508 e. The van der Waals surface area contributed by atoms with Crippen LogP contribution in [0.5, 0.6) is 28.7 Å². The molecule has 0 aromatic heterocycles. The van der Waals surface area contributed by atoms with Gasteiger partial charge in [-0.05, 0) is 18.2 Å². The first-order chi connectivity index (χ1) is 10.7. The van der Waals surface area contributed by atoms with Crippen molar-refractivity contribution in [2.75, 3.05) is 20.8 Å². The molecule has 1 N–H and O–H groups in total. The highest BCUT2D eigenvalue weighted by Gasteiger charge is 2.42. The van der Waals surface area contributed by atoms with Crippen LogP contribution in [-0.2, 0) is 0 Å². The van der Waals surface area contributed by atoms with E-state index in [1.54, 1.807) is 26.4 Å². The third-order valence-electron chi connectivity index (χ3n) is 4.26. The molecule has 2 aliphatic heterocycles. The van der Waals surface area contributed by atoms with Crippen molar-refractivity contribution in [3.63, 3.8) is 0 Å². The molecule has 22 heavy (non-hydrogen) atoms. The Morgan fingerprint density at radius 3 is 2.68 bits per heavy atom. The van der Waals surface area contributed by atoms with E-state index in [1.165, 1.54) is 0 Å². The van der Waals surface area contributed by atoms with Crippen LogP contribution in [0.1, 0.15) is 23.1 Å². The number of ether oxygens (including phenoxy) is 4. The number of phenols is 1. The number of methoxy groups -OCH3 is 2. The predicted octanol–water partition coefficient (Wildman–Crippen LogP) is 3.02. The van der Waals surface area contributed by atoms with Crippen LogP contribution >= 0.6 is 0 Å². The molecule has 0 aliphatic carbocycles. The number of benzene rings is 2. The highest BCUT2D eigenvalue weighted by molar-refractivity contribution is 5.61. The molecular formula is C17H16O5. The molecule has 2 heterocycles. The molecule has 2 atom stereocenters. The fourth-order valence-electron chi connectivity index (χ4n) is 3.22. The molecule has 5 heteroatoms. The molecule has 2 aromatic rings. The van der Waals surface area contributed by atoms with E-state index in [-0.39, 0.29) is 17.8 Å². The van der Waals surface area contributed by atoms with Gasteiger partial charge in [-0.3, -0.25) is 0 Å². The fourth-order valence-corrected chi connectivity index (χ4v) is 3.22. The normalized spacial score (nSPS) is 21.0. The highest BCUT2D eigenvalue weighted by Crippen LogP contribution is 2.56. The van der Waals surface area contributed by atoms with Gasteiger partial charge in [0.15, 0.2) is 11.5 Å². The summed E-state index contributed by atoms with van der Waals surface area (Å²) in [4.78, 5) is 0. The maximum absolute atomic E-state index is 9.60. The molecule has 4 rings (SSSR count). The lowest BCUT2D eigenvalue weighted by Gasteiger charge is -2.27. The summed E-state index contributed by atoms with van der Waals surface area (Å²) >= 11 is 0. The molecule has 2 aliphatic rings. The van der Waals surface area contributed by atoms with Crippen LogP contribution in [0.3, 0.4) is 0 Å². The third-order valence-corrected chi connectivity index (χ3v) is 4.26. The Balaban J connectivity index is 1.82. The van der Waals surface area contributed by atoms with Crippen molar-refractivity contribution in [3.8, 4) is 28.7 Å². The first-order valence-electron chi connectivity index (χ1n) is 7.10. The second kappa shape index (κ2) is 4.73. The summed E-state index contributed by atoms with van der Waals surface area (Å²) in [5.74, 6) is 2.92. The van der Waals surface area contributed by atoms with E-state index in [4.69, 9.17) is 18.9 Å². The second-order valence-electron chi connectivity index (χ2n) is 5.40. The van der Waals surface area contributed by atoms with Gasteiger partial charge >= 0.3 is 0 Å². The Kier molecular flexibility index (Phi) is 2.82. The van der Waals surface area contributed by atoms with Gasteiger partial charge in [-0.15, -0.1) is 0 Å². The molecule has 2 aromatic carbocycles. The van der Waals surface area contributed by atoms with E-state index < -0.39 is 0 Å². The Morgan fingerprint density at radius 1 is 1.09 bits per heavy atom. The monoisotopic (exact) mass is 300 g/mol. The Labute approximate surface area is 128 Å². The van der Waals surface area contributed by atoms with E-state index in [9.17, 15) is 5.11 Å². The summed E-state index contributed by atoms with van der Waals surface area (Å²) in [6.45, 7) is 0.504. The van der Waals surface area contributed by atoms with Crippen molar-refractivity contribution < 1.29 is 24.1 Å². The van der Waals surface area contributed by atoms with Crippen molar-refractivity contribution in [3.05, 3.63) is 41.5 Å². The van der Waals surface area contributed by atoms with Gasteiger partial charge in [0.1, 0.15) is 17.6 Å². The molecule has 0 fully saturated rings. The van der Waals surface area contributed by atoms with Gasteiger partial charge in [0.2, 0.25) is 5.75 Å². The SMILES string of the molecule is COc1ccc2c(c1OC)O[C@@H]1c3ccc(O)cc3OC[C@@H]21. The molecular weight excluding hydrogens is 284 g/mol. The topological polar surface area (TPSA) is 57.2 Å². The minimum atomic E-state index is -0.139. The van der Waals surface area contributed by atoms with Crippen molar-refractivity contribution >= 4 is 0 Å². The molecule has 0 unspecified atom stereocenters. The average molecular weight is 300 g/mol. The van der Waals surface area contributed by atoms with Crippen LogP contribution in [-0.4, -0.2) is 25.9 Å². The average Bonchev–Trinajstić information content (AvgIpc) is 2.92. The van der Waals surface area contributed by atoms with Crippen molar-refractivity contribution in [2.45, 2.75) is 12.0 Å². The summed E-state index contributed by atoms with van der Waals surface area (Å²) in [7, 11) is 3.21. The maximum Gasteiger partial charge on any atom is 0.203 e. The van der Waals surface area contributed by atoms with E-state index in [0.29, 0.717) is 29.6 Å². The predicted molar refractivity (Wildman–Crippen MR) is 79.3 cm³/mol. The minimum absolute atomic E-state index is 0.104. The fraction of sp³-hybridized carbons (Fsp3) is 0.294. The smallest absolute Gasteiger partial charge is 0.203 e. The molecule has 0 bridgehead atoms. The Bertz CT molecular complexity index is 740. The maximum atomic E-state index is 9.60. The molecule has 0 spiro atoms. The van der Waals surface area contributed by atoms with Gasteiger partial charge in [0.25, 0.3) is 0 Å². The molecule has 5 nitrogen and oxygen atoms in total. The Hall–Kier alpha value is -2.56. The van der Waals surface area contributed by atoms with E-state index in [2.05, 4.69) is 0 Å². The lowest BCUT2D eigenvalue weighted by molar-refractivity contribution is 0.136. The van der Waals surface area contributed by atoms with Crippen LogP contribution in [0.4, 0.5) is 0 Å². The van der Waals surface area contributed by atoms with Crippen LogP contribution < -0.4 is 18.9 Å². The summed E-state index contributed by atoms with van der Waals surface area (Å²) in [6.07, 6.45) is -0.139. The van der Waals surface area contributed by atoms with E-state index in [0.717, 1.165) is 11.1 Å². The first-order valence-corrected chi connectivity index (χ1v) is 7.10. The highest BCUT2D eigenvalue weighted by atomic mass is 16.5. The zero-order valence-electron chi connectivity index (χ0n) is 12.3. The van der Waals surface area contributed by atoms with Gasteiger partial charge in [-0.25, -0.2) is 0 Å². The zero-order valence-corrected chi connectivity index (χ0v) is 12.3. The lowest BCUT2D eigenvalue weighted by atomic mass is 9.89. The standard InChI is InChI=1S/C17H16O5/c1-19-13-6-5-10-12-8-21-14-7-9(18)3-4-11(14)15(12)22-16(10)17(13)20-2/h3-7,12,15,18H,8H2,1-2H3/t12-,15+/m0/s1. The summed E-state index contributed by atoms with van der Waals surface area (Å²) < 4.78 is 22.8. The summed E-state index contributed by atoms with van der Waals surface area (Å²) in [5.41, 5.74) is 1.99. The quantitative estimate of drug-likeness (QED) is 0.924. The lowest BCUT2D eigenvalue weighted by Crippen LogP contribution is -2.22. The van der Waals surface area contributed by atoms with Gasteiger partial charge in [-0.2, -0.15) is 0 Å². The zero-order chi connectivity index (χ0) is 15.3. The summed E-state index contributed by atoms with van der Waals surface area (Å²) in [6, 6.07) is 8.99. The van der Waals surface area contributed by atoms with Crippen molar-refractivity contribution in [2.24, 2.45) is 0 Å². The number of hydrogen-bond acceptors (Lipinski definition) is 5. The number of rotatable bonds is 2. The minimum Gasteiger partial charge on any atom is -0.508 e. The molecule has 0 saturated heterocycles. The number of aromatic hydroxyl groups is 1. The third kappa shape index (κ3) is 1.71. The number of fused-ring (bicyclic) bond motifs is 5. The number of phenolic OH excluding ortho intramolecular Hbond substituents is 1. The van der Waals surface area contributed by atoms with E-state index in [1.807, 2.05) is 18.2 Å². The van der Waals surface area contributed by atoms with E-state index >= 15 is 0 Å². The first kappa shape index (κ1) is 13.1. The van der Waals surface area contributed by atoms with Crippen molar-refractivity contribution in [1.29, 1.82) is 0 Å². The Morgan fingerprint density at radius 2 is 1.91 bits per heavy atom. The van der Waals surface area contributed by atoms with Gasteiger partial charge < -0.3 is 24.1 Å². The summed E-state index contributed by atoms with van der Waals surface area (Å²) in [5, 5.41) is 9.60. The molecule has 114 valence electrons. The second-order valence-corrected chi connectivity index (χ2v) is 5.40. The van der Waals surface area contributed by atoms with Crippen molar-refractivity contribution in [1.82, 2.24) is 0 Å². The number of hydrogen-bond donors (Lipinski definition) is 1. The molecule has 0 amide bonds. The van der Waals surface area contributed by atoms with Crippen LogP contribution in [0.25, 0.3) is 0 Å². The molecule has 0 radical (unpaired) electrons. The van der Waals surface area contributed by atoms with Crippen LogP contribution in [0.15, 0.2) is 30.3 Å². The van der Waals surface area contributed by atoms with Gasteiger partial charge in [-0.1, -0.05) is 6.07 Å². The van der Waals surface area contributed by atoms with Crippen LogP contribution in [0.2, 0.25) is 0 Å². The van der Waals surface area contributed by atoms with Gasteiger partial charge in [0, 0.05) is 17.2 Å².